The van der Waals surface area contributed by atoms with Crippen LogP contribution in [0.1, 0.15) is 75.7 Å². The summed E-state index contributed by atoms with van der Waals surface area (Å²) >= 11 is 0. The van der Waals surface area contributed by atoms with E-state index in [9.17, 15) is 8.78 Å². The Labute approximate surface area is 185 Å². The molecule has 0 unspecified atom stereocenters. The molecule has 0 atom stereocenters. The van der Waals surface area contributed by atoms with Crippen molar-refractivity contribution in [1.82, 2.24) is 0 Å². The van der Waals surface area contributed by atoms with Crippen molar-refractivity contribution in [2.24, 2.45) is 23.7 Å². The molecule has 1 heterocycles. The molecule has 3 fully saturated rings. The van der Waals surface area contributed by atoms with Crippen molar-refractivity contribution in [1.29, 1.82) is 0 Å². The minimum atomic E-state index is -0.748. The molecule has 3 nitrogen and oxygen atoms in total. The topological polar surface area (TPSA) is 27.7 Å². The highest BCUT2D eigenvalue weighted by molar-refractivity contribution is 5.22. The lowest BCUT2D eigenvalue weighted by atomic mass is 9.68. The molecule has 2 aliphatic carbocycles. The predicted octanol–water partition coefficient (Wildman–Crippen LogP) is 6.46. The van der Waals surface area contributed by atoms with Crippen molar-refractivity contribution in [3.05, 3.63) is 35.4 Å². The maximum Gasteiger partial charge on any atom is 0.160 e. The molecule has 3 aliphatic rings. The molecule has 0 N–H and O–H groups in total. The lowest BCUT2D eigenvalue weighted by Gasteiger charge is -2.41. The van der Waals surface area contributed by atoms with Crippen LogP contribution in [0.3, 0.4) is 0 Å². The Bertz CT molecular complexity index is 673. The van der Waals surface area contributed by atoms with Gasteiger partial charge in [-0.15, -0.1) is 0 Å². The van der Waals surface area contributed by atoms with E-state index in [0.717, 1.165) is 62.9 Å². The Hall–Kier alpha value is -1.04. The van der Waals surface area contributed by atoms with Crippen molar-refractivity contribution >= 4 is 0 Å². The van der Waals surface area contributed by atoms with Crippen LogP contribution in [-0.4, -0.2) is 33.2 Å². The third-order valence-electron chi connectivity index (χ3n) is 8.01. The quantitative estimate of drug-likeness (QED) is 0.459. The fourth-order valence-corrected chi connectivity index (χ4v) is 6.09. The number of benzene rings is 1. The first-order valence-electron chi connectivity index (χ1n) is 12.3. The maximum atomic E-state index is 13.6. The Morgan fingerprint density at radius 2 is 1.45 bits per heavy atom. The van der Waals surface area contributed by atoms with Gasteiger partial charge >= 0.3 is 0 Å². The summed E-state index contributed by atoms with van der Waals surface area (Å²) in [5.74, 6) is 1.53. The molecule has 1 saturated heterocycles. The average molecular weight is 437 g/mol. The summed E-state index contributed by atoms with van der Waals surface area (Å²) in [6.07, 6.45) is 11.7. The SMILES string of the molecule is COCCC[C@H]1CO[C@H]([C@H]2CC[C@H]([C@H]3CC[C@H](c4ccc(F)c(F)c4)CC3)CC2)OC1. The lowest BCUT2D eigenvalue weighted by molar-refractivity contribution is -0.230. The third kappa shape index (κ3) is 6.06. The largest absolute Gasteiger partial charge is 0.385 e. The Balaban J connectivity index is 1.17. The summed E-state index contributed by atoms with van der Waals surface area (Å²) in [7, 11) is 1.75. The minimum absolute atomic E-state index is 0.0104. The van der Waals surface area contributed by atoms with Gasteiger partial charge in [0.2, 0.25) is 0 Å². The molecule has 31 heavy (non-hydrogen) atoms. The van der Waals surface area contributed by atoms with E-state index in [1.807, 2.05) is 0 Å². The van der Waals surface area contributed by atoms with Gasteiger partial charge in [-0.1, -0.05) is 6.07 Å². The van der Waals surface area contributed by atoms with Crippen LogP contribution in [0, 0.1) is 35.3 Å². The molecule has 1 aliphatic heterocycles. The second-order valence-corrected chi connectivity index (χ2v) is 10.00. The summed E-state index contributed by atoms with van der Waals surface area (Å²) in [4.78, 5) is 0. The van der Waals surface area contributed by atoms with Gasteiger partial charge in [0, 0.05) is 25.6 Å². The van der Waals surface area contributed by atoms with Gasteiger partial charge in [-0.25, -0.2) is 8.78 Å². The maximum absolute atomic E-state index is 13.6. The average Bonchev–Trinajstić information content (AvgIpc) is 2.82. The van der Waals surface area contributed by atoms with Crippen LogP contribution in [-0.2, 0) is 14.2 Å². The molecule has 0 spiro atoms. The molecule has 0 radical (unpaired) electrons. The highest BCUT2D eigenvalue weighted by atomic mass is 19.2. The molecule has 0 aromatic heterocycles. The molecular weight excluding hydrogens is 398 g/mol. The summed E-state index contributed by atoms with van der Waals surface area (Å²) < 4.78 is 44.1. The summed E-state index contributed by atoms with van der Waals surface area (Å²) in [6, 6.07) is 4.44. The van der Waals surface area contributed by atoms with Crippen LogP contribution < -0.4 is 0 Å². The third-order valence-corrected chi connectivity index (χ3v) is 8.01. The minimum Gasteiger partial charge on any atom is -0.385 e. The number of rotatable bonds is 7. The first-order valence-corrected chi connectivity index (χ1v) is 12.3. The Morgan fingerprint density at radius 1 is 0.839 bits per heavy atom. The van der Waals surface area contributed by atoms with E-state index in [-0.39, 0.29) is 6.29 Å². The standard InChI is InChI=1S/C26H38F2O3/c1-29-14-2-3-18-16-30-26(31-17-18)22-10-8-20(9-11-22)19-4-6-21(7-5-19)23-12-13-24(27)25(28)15-23/h12-13,15,18-22,26H,2-11,14,16-17H2,1H3/t18-,19-,20-,21-,22-,26-. The van der Waals surface area contributed by atoms with Gasteiger partial charge in [0.15, 0.2) is 17.9 Å². The van der Waals surface area contributed by atoms with Gasteiger partial charge < -0.3 is 14.2 Å². The molecule has 2 saturated carbocycles. The first kappa shape index (κ1) is 23.1. The van der Waals surface area contributed by atoms with Crippen molar-refractivity contribution in [3.63, 3.8) is 0 Å². The second kappa shape index (κ2) is 11.2. The highest BCUT2D eigenvalue weighted by Gasteiger charge is 2.36. The van der Waals surface area contributed by atoms with E-state index >= 15 is 0 Å². The summed E-state index contributed by atoms with van der Waals surface area (Å²) in [5.41, 5.74) is 0.966. The monoisotopic (exact) mass is 436 g/mol. The zero-order valence-corrected chi connectivity index (χ0v) is 18.9. The van der Waals surface area contributed by atoms with Crippen LogP contribution in [0.25, 0.3) is 0 Å². The summed E-state index contributed by atoms with van der Waals surface area (Å²) in [6.45, 7) is 2.46. The van der Waals surface area contributed by atoms with E-state index in [1.165, 1.54) is 50.7 Å². The van der Waals surface area contributed by atoms with Crippen LogP contribution in [0.4, 0.5) is 8.78 Å². The van der Waals surface area contributed by atoms with Gasteiger partial charge in [0.25, 0.3) is 0 Å². The van der Waals surface area contributed by atoms with Crippen LogP contribution >= 0.6 is 0 Å². The number of methoxy groups -OCH3 is 1. The fourth-order valence-electron chi connectivity index (χ4n) is 6.09. The molecule has 1 aromatic carbocycles. The van der Waals surface area contributed by atoms with Crippen molar-refractivity contribution < 1.29 is 23.0 Å². The molecule has 0 bridgehead atoms. The van der Waals surface area contributed by atoms with Crippen molar-refractivity contribution in [3.8, 4) is 0 Å². The number of hydrogen-bond acceptors (Lipinski definition) is 3. The Morgan fingerprint density at radius 3 is 2.06 bits per heavy atom. The van der Waals surface area contributed by atoms with Crippen molar-refractivity contribution in [2.75, 3.05) is 26.9 Å². The predicted molar refractivity (Wildman–Crippen MR) is 117 cm³/mol. The highest BCUT2D eigenvalue weighted by Crippen LogP contribution is 2.45. The molecular formula is C26H38F2O3. The van der Waals surface area contributed by atoms with E-state index in [2.05, 4.69) is 0 Å². The van der Waals surface area contributed by atoms with E-state index < -0.39 is 11.6 Å². The van der Waals surface area contributed by atoms with Crippen LogP contribution in [0.5, 0.6) is 0 Å². The van der Waals surface area contributed by atoms with Crippen LogP contribution in [0.2, 0.25) is 0 Å². The van der Waals surface area contributed by atoms with Gasteiger partial charge in [-0.05, 0) is 99.7 Å². The molecule has 174 valence electrons. The van der Waals surface area contributed by atoms with Gasteiger partial charge in [0.05, 0.1) is 13.2 Å². The molecule has 1 aromatic rings. The zero-order valence-electron chi connectivity index (χ0n) is 18.9. The second-order valence-electron chi connectivity index (χ2n) is 10.00. The van der Waals surface area contributed by atoms with Gasteiger partial charge in [-0.2, -0.15) is 0 Å². The van der Waals surface area contributed by atoms with Crippen molar-refractivity contribution in [2.45, 2.75) is 76.4 Å². The zero-order chi connectivity index (χ0) is 21.6. The van der Waals surface area contributed by atoms with Crippen LogP contribution in [0.15, 0.2) is 18.2 Å². The first-order chi connectivity index (χ1) is 15.1. The molecule has 5 heteroatoms. The molecule has 0 amide bonds. The number of ether oxygens (including phenoxy) is 3. The van der Waals surface area contributed by atoms with Gasteiger partial charge in [-0.3, -0.25) is 0 Å². The molecule has 4 rings (SSSR count). The summed E-state index contributed by atoms with van der Waals surface area (Å²) in [5, 5.41) is 0. The number of hydrogen-bond donors (Lipinski definition) is 0. The van der Waals surface area contributed by atoms with E-state index in [1.54, 1.807) is 13.2 Å². The lowest BCUT2D eigenvalue weighted by Crippen LogP contribution is -2.39. The smallest absolute Gasteiger partial charge is 0.160 e. The van der Waals surface area contributed by atoms with E-state index in [4.69, 9.17) is 14.2 Å². The van der Waals surface area contributed by atoms with Gasteiger partial charge in [0.1, 0.15) is 0 Å². The normalized spacial score (nSPS) is 34.5. The van der Waals surface area contributed by atoms with E-state index in [0.29, 0.717) is 17.8 Å². The fraction of sp³-hybridized carbons (Fsp3) is 0.769. The Kier molecular flexibility index (Phi) is 8.36. The number of halogens is 2.